The molecule has 2 heterocycles. The first-order valence-corrected chi connectivity index (χ1v) is 9.15. The number of nitrogens with zero attached hydrogens (tertiary/aromatic N) is 2. The summed E-state index contributed by atoms with van der Waals surface area (Å²) in [7, 11) is 0. The summed E-state index contributed by atoms with van der Waals surface area (Å²) in [5.74, 6) is -1.35. The summed E-state index contributed by atoms with van der Waals surface area (Å²) < 4.78 is 0. The van der Waals surface area contributed by atoms with Crippen LogP contribution < -0.4 is 5.32 Å². The predicted molar refractivity (Wildman–Crippen MR) is 110 cm³/mol. The highest BCUT2D eigenvalue weighted by atomic mass is 16.2. The number of carbonyl (C=O) groups is 3. The molecule has 0 saturated heterocycles. The van der Waals surface area contributed by atoms with Crippen LogP contribution in [0.2, 0.25) is 0 Å². The summed E-state index contributed by atoms with van der Waals surface area (Å²) >= 11 is 0. The molecule has 3 amide bonds. The van der Waals surface area contributed by atoms with Crippen molar-refractivity contribution in [2.24, 2.45) is 0 Å². The topological polar surface area (TPSA) is 79.4 Å². The molecule has 0 aliphatic carbocycles. The van der Waals surface area contributed by atoms with Gasteiger partial charge in [0, 0.05) is 17.0 Å². The van der Waals surface area contributed by atoms with Gasteiger partial charge < -0.3 is 5.32 Å². The minimum atomic E-state index is -0.452. The Morgan fingerprint density at radius 3 is 2.28 bits per heavy atom. The number of benzene rings is 3. The van der Waals surface area contributed by atoms with Crippen LogP contribution in [0, 0.1) is 0 Å². The number of pyridine rings is 1. The zero-order valence-electron chi connectivity index (χ0n) is 15.3. The molecular formula is C23H15N3O3. The maximum absolute atomic E-state index is 12.6. The Labute approximate surface area is 165 Å². The van der Waals surface area contributed by atoms with E-state index < -0.39 is 17.7 Å². The van der Waals surface area contributed by atoms with Gasteiger partial charge in [0.1, 0.15) is 6.54 Å². The van der Waals surface area contributed by atoms with Gasteiger partial charge >= 0.3 is 0 Å². The minimum absolute atomic E-state index is 0.325. The number of imide groups is 1. The molecule has 0 fully saturated rings. The smallest absolute Gasteiger partial charge is 0.262 e. The minimum Gasteiger partial charge on any atom is -0.324 e. The summed E-state index contributed by atoms with van der Waals surface area (Å²) in [6.07, 6.45) is 1.63. The zero-order chi connectivity index (χ0) is 20.0. The van der Waals surface area contributed by atoms with Crippen molar-refractivity contribution in [3.63, 3.8) is 0 Å². The molecule has 0 atom stereocenters. The molecule has 6 nitrogen and oxygen atoms in total. The molecule has 1 N–H and O–H groups in total. The monoisotopic (exact) mass is 381 g/mol. The number of rotatable bonds is 3. The first-order chi connectivity index (χ1) is 14.1. The van der Waals surface area contributed by atoms with Crippen molar-refractivity contribution in [2.75, 3.05) is 11.9 Å². The second kappa shape index (κ2) is 6.53. The molecule has 0 radical (unpaired) electrons. The van der Waals surface area contributed by atoms with E-state index in [1.54, 1.807) is 36.5 Å². The number of hydrogen-bond donors (Lipinski definition) is 1. The van der Waals surface area contributed by atoms with Crippen LogP contribution in [0.3, 0.4) is 0 Å². The average Bonchev–Trinajstić information content (AvgIpc) is 2.99. The van der Waals surface area contributed by atoms with E-state index in [0.717, 1.165) is 26.6 Å². The molecule has 0 saturated carbocycles. The van der Waals surface area contributed by atoms with Gasteiger partial charge in [0.25, 0.3) is 11.8 Å². The molecule has 0 bridgehead atoms. The van der Waals surface area contributed by atoms with Crippen molar-refractivity contribution in [2.45, 2.75) is 0 Å². The van der Waals surface area contributed by atoms with Crippen molar-refractivity contribution >= 4 is 45.1 Å². The normalized spacial score (nSPS) is 13.2. The van der Waals surface area contributed by atoms with Gasteiger partial charge in [-0.1, -0.05) is 48.5 Å². The second-order valence-electron chi connectivity index (χ2n) is 6.83. The van der Waals surface area contributed by atoms with Crippen molar-refractivity contribution in [1.82, 2.24) is 9.88 Å². The van der Waals surface area contributed by atoms with Gasteiger partial charge in [-0.05, 0) is 23.6 Å². The van der Waals surface area contributed by atoms with Gasteiger partial charge in [0.2, 0.25) is 5.91 Å². The maximum Gasteiger partial charge on any atom is 0.262 e. The average molecular weight is 381 g/mol. The summed E-state index contributed by atoms with van der Waals surface area (Å²) in [4.78, 5) is 43.0. The van der Waals surface area contributed by atoms with Crippen molar-refractivity contribution in [1.29, 1.82) is 0 Å². The molecule has 1 aliphatic heterocycles. The Kier molecular flexibility index (Phi) is 3.84. The van der Waals surface area contributed by atoms with Gasteiger partial charge in [-0.15, -0.1) is 0 Å². The van der Waals surface area contributed by atoms with Crippen LogP contribution in [0.4, 0.5) is 5.69 Å². The lowest BCUT2D eigenvalue weighted by molar-refractivity contribution is -0.116. The van der Waals surface area contributed by atoms with E-state index in [1.807, 2.05) is 36.4 Å². The van der Waals surface area contributed by atoms with E-state index >= 15 is 0 Å². The van der Waals surface area contributed by atoms with Crippen molar-refractivity contribution < 1.29 is 14.4 Å². The number of anilines is 1. The van der Waals surface area contributed by atoms with Crippen LogP contribution in [0.25, 0.3) is 21.7 Å². The molecule has 29 heavy (non-hydrogen) atoms. The van der Waals surface area contributed by atoms with Gasteiger partial charge in [-0.2, -0.15) is 0 Å². The second-order valence-corrected chi connectivity index (χ2v) is 6.83. The lowest BCUT2D eigenvalue weighted by Crippen LogP contribution is -2.37. The number of hydrogen-bond acceptors (Lipinski definition) is 4. The van der Waals surface area contributed by atoms with Gasteiger partial charge in [0.05, 0.1) is 22.3 Å². The molecule has 4 aromatic rings. The third kappa shape index (κ3) is 2.73. The summed E-state index contributed by atoms with van der Waals surface area (Å²) in [5.41, 5.74) is 2.02. The molecule has 5 rings (SSSR count). The number of aromatic nitrogens is 1. The fourth-order valence-electron chi connectivity index (χ4n) is 3.71. The van der Waals surface area contributed by atoms with Crippen LogP contribution in [0.5, 0.6) is 0 Å². The third-order valence-corrected chi connectivity index (χ3v) is 5.09. The molecule has 1 aromatic heterocycles. The molecule has 0 spiro atoms. The summed E-state index contributed by atoms with van der Waals surface area (Å²) in [5, 5.41) is 5.66. The van der Waals surface area contributed by atoms with Gasteiger partial charge in [-0.25, -0.2) is 0 Å². The highest BCUT2D eigenvalue weighted by Crippen LogP contribution is 2.29. The molecule has 1 aliphatic rings. The van der Waals surface area contributed by atoms with E-state index in [9.17, 15) is 14.4 Å². The van der Waals surface area contributed by atoms with Crippen LogP contribution in [-0.4, -0.2) is 34.2 Å². The van der Waals surface area contributed by atoms with Gasteiger partial charge in [-0.3, -0.25) is 24.3 Å². The SMILES string of the molecule is O=C(CN1C(=O)c2ccccc2C1=O)Nc1ccnc2c1ccc1ccccc12. The van der Waals surface area contributed by atoms with Crippen LogP contribution >= 0.6 is 0 Å². The van der Waals surface area contributed by atoms with Crippen LogP contribution in [-0.2, 0) is 4.79 Å². The molecule has 6 heteroatoms. The van der Waals surface area contributed by atoms with E-state index in [4.69, 9.17) is 0 Å². The van der Waals surface area contributed by atoms with E-state index in [1.165, 1.54) is 0 Å². The highest BCUT2D eigenvalue weighted by molar-refractivity contribution is 6.23. The highest BCUT2D eigenvalue weighted by Gasteiger charge is 2.36. The number of nitrogens with one attached hydrogen (secondary N) is 1. The fraction of sp³-hybridized carbons (Fsp3) is 0.0435. The summed E-state index contributed by atoms with van der Waals surface area (Å²) in [6.45, 7) is -0.344. The fourth-order valence-corrected chi connectivity index (χ4v) is 3.71. The van der Waals surface area contributed by atoms with Crippen LogP contribution in [0.1, 0.15) is 20.7 Å². The Balaban J connectivity index is 1.43. The number of amides is 3. The molecule has 3 aromatic carbocycles. The molecule has 140 valence electrons. The first-order valence-electron chi connectivity index (χ1n) is 9.15. The standard InChI is InChI=1S/C23H15N3O3/c27-20(13-26-22(28)16-7-3-4-8-17(16)23(26)29)25-19-11-12-24-21-15-6-2-1-5-14(15)9-10-18(19)21/h1-12H,13H2,(H,24,25,27). The number of carbonyl (C=O) groups excluding carboxylic acids is 3. The largest absolute Gasteiger partial charge is 0.324 e. The number of fused-ring (bicyclic) bond motifs is 4. The first kappa shape index (κ1) is 17.1. The lowest BCUT2D eigenvalue weighted by atomic mass is 10.1. The Hall–Kier alpha value is -4.06. The molecule has 0 unspecified atom stereocenters. The van der Waals surface area contributed by atoms with Crippen molar-refractivity contribution in [3.05, 3.63) is 84.1 Å². The summed E-state index contributed by atoms with van der Waals surface area (Å²) in [6, 6.07) is 20.0. The van der Waals surface area contributed by atoms with E-state index in [-0.39, 0.29) is 6.54 Å². The molecular weight excluding hydrogens is 366 g/mol. The van der Waals surface area contributed by atoms with Crippen LogP contribution in [0.15, 0.2) is 72.9 Å². The van der Waals surface area contributed by atoms with E-state index in [2.05, 4.69) is 10.3 Å². The lowest BCUT2D eigenvalue weighted by Gasteiger charge is -2.15. The predicted octanol–water partition coefficient (Wildman–Crippen LogP) is 3.62. The Bertz CT molecular complexity index is 1290. The van der Waals surface area contributed by atoms with E-state index in [0.29, 0.717) is 16.8 Å². The Morgan fingerprint density at radius 2 is 1.52 bits per heavy atom. The van der Waals surface area contributed by atoms with Gasteiger partial charge in [0.15, 0.2) is 0 Å². The maximum atomic E-state index is 12.6. The quantitative estimate of drug-likeness (QED) is 0.434. The third-order valence-electron chi connectivity index (χ3n) is 5.09. The Morgan fingerprint density at radius 1 is 0.828 bits per heavy atom. The zero-order valence-corrected chi connectivity index (χ0v) is 15.3. The van der Waals surface area contributed by atoms with Crippen molar-refractivity contribution in [3.8, 4) is 0 Å².